The molecule has 162 valence electrons. The van der Waals surface area contributed by atoms with E-state index < -0.39 is 6.61 Å². The SMILES string of the molecule is CN=C(NCCc1c[nH]c2ccccc12)NCc1ccc(OC)c(OC(F)F)c1.I. The Morgan fingerprint density at radius 1 is 1.13 bits per heavy atom. The van der Waals surface area contributed by atoms with Crippen LogP contribution < -0.4 is 20.1 Å². The summed E-state index contributed by atoms with van der Waals surface area (Å²) in [7, 11) is 3.09. The topological polar surface area (TPSA) is 70.7 Å². The van der Waals surface area contributed by atoms with Gasteiger partial charge >= 0.3 is 6.61 Å². The first kappa shape index (κ1) is 23.7. The van der Waals surface area contributed by atoms with Gasteiger partial charge < -0.3 is 25.1 Å². The summed E-state index contributed by atoms with van der Waals surface area (Å²) in [5, 5.41) is 7.64. The first-order valence-corrected chi connectivity index (χ1v) is 9.22. The number of methoxy groups -OCH3 is 1. The van der Waals surface area contributed by atoms with Crippen LogP contribution in [-0.4, -0.2) is 38.3 Å². The maximum atomic E-state index is 12.6. The van der Waals surface area contributed by atoms with E-state index in [2.05, 4.69) is 31.4 Å². The number of alkyl halides is 2. The first-order chi connectivity index (χ1) is 14.1. The molecule has 0 atom stereocenters. The Kier molecular flexibility index (Phi) is 9.15. The number of aromatic amines is 1. The van der Waals surface area contributed by atoms with E-state index in [1.807, 2.05) is 24.4 Å². The predicted molar refractivity (Wildman–Crippen MR) is 125 cm³/mol. The van der Waals surface area contributed by atoms with Gasteiger partial charge in [0.05, 0.1) is 7.11 Å². The van der Waals surface area contributed by atoms with Crippen LogP contribution in [0.4, 0.5) is 8.78 Å². The third-order valence-electron chi connectivity index (χ3n) is 4.49. The summed E-state index contributed by atoms with van der Waals surface area (Å²) in [5.41, 5.74) is 3.11. The minimum Gasteiger partial charge on any atom is -0.493 e. The summed E-state index contributed by atoms with van der Waals surface area (Å²) in [6.45, 7) is -1.81. The number of hydrogen-bond donors (Lipinski definition) is 3. The van der Waals surface area contributed by atoms with Crippen molar-refractivity contribution in [2.45, 2.75) is 19.6 Å². The number of fused-ring (bicyclic) bond motifs is 1. The molecule has 0 amide bonds. The molecule has 0 radical (unpaired) electrons. The second-order valence-electron chi connectivity index (χ2n) is 6.33. The number of halogens is 3. The zero-order valence-corrected chi connectivity index (χ0v) is 19.1. The largest absolute Gasteiger partial charge is 0.493 e. The molecule has 0 aliphatic rings. The number of benzene rings is 2. The number of hydrogen-bond acceptors (Lipinski definition) is 3. The Morgan fingerprint density at radius 3 is 2.67 bits per heavy atom. The molecule has 6 nitrogen and oxygen atoms in total. The average Bonchev–Trinajstić information content (AvgIpc) is 3.13. The van der Waals surface area contributed by atoms with Crippen molar-refractivity contribution in [3.63, 3.8) is 0 Å². The molecule has 0 spiro atoms. The molecule has 0 aliphatic heterocycles. The predicted octanol–water partition coefficient (Wildman–Crippen LogP) is 4.30. The van der Waals surface area contributed by atoms with Gasteiger partial charge in [0.1, 0.15) is 0 Å². The molecule has 1 heterocycles. The van der Waals surface area contributed by atoms with Gasteiger partial charge in [-0.05, 0) is 35.7 Å². The summed E-state index contributed by atoms with van der Waals surface area (Å²) in [6.07, 6.45) is 2.85. The van der Waals surface area contributed by atoms with E-state index in [1.165, 1.54) is 24.1 Å². The molecule has 2 aromatic carbocycles. The number of rotatable bonds is 8. The van der Waals surface area contributed by atoms with Crippen molar-refractivity contribution in [1.29, 1.82) is 0 Å². The normalized spacial score (nSPS) is 11.3. The molecule has 1 aromatic heterocycles. The molecule has 0 aliphatic carbocycles. The highest BCUT2D eigenvalue weighted by molar-refractivity contribution is 14.0. The lowest BCUT2D eigenvalue weighted by atomic mass is 10.1. The number of ether oxygens (including phenoxy) is 2. The Labute approximate surface area is 191 Å². The molecular formula is C21H25F2IN4O2. The van der Waals surface area contributed by atoms with Gasteiger partial charge in [0, 0.05) is 37.2 Å². The monoisotopic (exact) mass is 530 g/mol. The van der Waals surface area contributed by atoms with Gasteiger partial charge in [-0.3, -0.25) is 4.99 Å². The second kappa shape index (κ2) is 11.6. The maximum Gasteiger partial charge on any atom is 0.387 e. The minimum atomic E-state index is -2.91. The van der Waals surface area contributed by atoms with Gasteiger partial charge in [0.15, 0.2) is 17.5 Å². The number of guanidine groups is 1. The van der Waals surface area contributed by atoms with E-state index in [0.29, 0.717) is 19.0 Å². The lowest BCUT2D eigenvalue weighted by molar-refractivity contribution is -0.0512. The third kappa shape index (κ3) is 6.22. The number of nitrogens with one attached hydrogen (secondary N) is 3. The molecule has 30 heavy (non-hydrogen) atoms. The van der Waals surface area contributed by atoms with E-state index in [-0.39, 0.29) is 35.5 Å². The van der Waals surface area contributed by atoms with Crippen LogP contribution in [0.3, 0.4) is 0 Å². The van der Waals surface area contributed by atoms with Crippen LogP contribution >= 0.6 is 24.0 Å². The molecule has 0 saturated carbocycles. The van der Waals surface area contributed by atoms with E-state index in [4.69, 9.17) is 4.74 Å². The van der Waals surface area contributed by atoms with E-state index in [1.54, 1.807) is 19.2 Å². The fraction of sp³-hybridized carbons (Fsp3) is 0.286. The van der Waals surface area contributed by atoms with Gasteiger partial charge in [0.25, 0.3) is 0 Å². The Balaban J connectivity index is 0.00000320. The smallest absolute Gasteiger partial charge is 0.387 e. The van der Waals surface area contributed by atoms with Crippen molar-refractivity contribution < 1.29 is 18.3 Å². The van der Waals surface area contributed by atoms with Crippen LogP contribution in [0, 0.1) is 0 Å². The molecular weight excluding hydrogens is 505 g/mol. The molecule has 9 heteroatoms. The highest BCUT2D eigenvalue weighted by atomic mass is 127. The Bertz CT molecular complexity index is 979. The minimum absolute atomic E-state index is 0. The zero-order chi connectivity index (χ0) is 20.6. The number of aromatic nitrogens is 1. The van der Waals surface area contributed by atoms with Crippen LogP contribution in [-0.2, 0) is 13.0 Å². The van der Waals surface area contributed by atoms with Crippen molar-refractivity contribution in [3.8, 4) is 11.5 Å². The molecule has 3 rings (SSSR count). The summed E-state index contributed by atoms with van der Waals surface area (Å²) in [4.78, 5) is 7.47. The maximum absolute atomic E-state index is 12.6. The van der Waals surface area contributed by atoms with E-state index in [0.717, 1.165) is 17.5 Å². The van der Waals surface area contributed by atoms with E-state index >= 15 is 0 Å². The van der Waals surface area contributed by atoms with Crippen LogP contribution in [0.15, 0.2) is 53.7 Å². The third-order valence-corrected chi connectivity index (χ3v) is 4.49. The number of H-pyrrole nitrogens is 1. The van der Waals surface area contributed by atoms with Crippen molar-refractivity contribution in [3.05, 3.63) is 59.8 Å². The molecule has 3 N–H and O–H groups in total. The first-order valence-electron chi connectivity index (χ1n) is 9.22. The lowest BCUT2D eigenvalue weighted by Crippen LogP contribution is -2.37. The van der Waals surface area contributed by atoms with Crippen LogP contribution in [0.2, 0.25) is 0 Å². The fourth-order valence-corrected chi connectivity index (χ4v) is 3.08. The Hall–Kier alpha value is -2.56. The highest BCUT2D eigenvalue weighted by Gasteiger charge is 2.11. The van der Waals surface area contributed by atoms with Gasteiger partial charge in [-0.1, -0.05) is 24.3 Å². The molecule has 0 unspecified atom stereocenters. The van der Waals surface area contributed by atoms with Crippen LogP contribution in [0.1, 0.15) is 11.1 Å². The number of para-hydroxylation sites is 1. The van der Waals surface area contributed by atoms with Crippen molar-refractivity contribution in [2.75, 3.05) is 20.7 Å². The average molecular weight is 530 g/mol. The van der Waals surface area contributed by atoms with Gasteiger partial charge in [-0.2, -0.15) is 8.78 Å². The van der Waals surface area contributed by atoms with Crippen molar-refractivity contribution in [1.82, 2.24) is 15.6 Å². The van der Waals surface area contributed by atoms with Crippen LogP contribution in [0.5, 0.6) is 11.5 Å². The summed E-state index contributed by atoms with van der Waals surface area (Å²) in [6, 6.07) is 13.1. The van der Waals surface area contributed by atoms with E-state index in [9.17, 15) is 8.78 Å². The Morgan fingerprint density at radius 2 is 1.93 bits per heavy atom. The molecule has 0 saturated heterocycles. The fourth-order valence-electron chi connectivity index (χ4n) is 3.08. The summed E-state index contributed by atoms with van der Waals surface area (Å²) >= 11 is 0. The van der Waals surface area contributed by atoms with Crippen molar-refractivity contribution in [2.24, 2.45) is 4.99 Å². The molecule has 0 bridgehead atoms. The zero-order valence-electron chi connectivity index (χ0n) is 16.7. The number of aliphatic imine (C=N–C) groups is 1. The van der Waals surface area contributed by atoms with Crippen molar-refractivity contribution >= 4 is 40.8 Å². The highest BCUT2D eigenvalue weighted by Crippen LogP contribution is 2.29. The van der Waals surface area contributed by atoms with Gasteiger partial charge in [0.2, 0.25) is 0 Å². The number of nitrogens with zero attached hydrogens (tertiary/aromatic N) is 1. The van der Waals surface area contributed by atoms with Gasteiger partial charge in [-0.15, -0.1) is 24.0 Å². The summed E-state index contributed by atoms with van der Waals surface area (Å²) < 4.78 is 34.7. The lowest BCUT2D eigenvalue weighted by Gasteiger charge is -2.14. The second-order valence-corrected chi connectivity index (χ2v) is 6.33. The summed E-state index contributed by atoms with van der Waals surface area (Å²) in [5.74, 6) is 0.886. The van der Waals surface area contributed by atoms with Gasteiger partial charge in [-0.25, -0.2) is 0 Å². The molecule has 3 aromatic rings. The molecule has 0 fully saturated rings. The standard InChI is InChI=1S/C21H24F2N4O2.HI/c1-24-21(25-10-9-15-13-26-17-6-4-3-5-16(15)17)27-12-14-7-8-18(28-2)19(11-14)29-20(22)23;/h3-8,11,13,20,26H,9-10,12H2,1-2H3,(H2,24,25,27);1H. The quantitative estimate of drug-likeness (QED) is 0.231. The van der Waals surface area contributed by atoms with Crippen LogP contribution in [0.25, 0.3) is 10.9 Å².